The molecule has 1 saturated heterocycles. The molecule has 0 radical (unpaired) electrons. The van der Waals surface area contributed by atoms with E-state index in [4.69, 9.17) is 4.74 Å². The Balaban J connectivity index is 2.17. The van der Waals surface area contributed by atoms with E-state index in [1.807, 2.05) is 0 Å². The largest absolute Gasteiger partial charge is 0.377 e. The van der Waals surface area contributed by atoms with E-state index in [-0.39, 0.29) is 22.8 Å². The minimum atomic E-state index is -3.64. The predicted octanol–water partition coefficient (Wildman–Crippen LogP) is 1.74. The highest BCUT2D eigenvalue weighted by atomic mass is 32.2. The van der Waals surface area contributed by atoms with E-state index in [2.05, 4.69) is 4.72 Å². The van der Waals surface area contributed by atoms with Crippen LogP contribution in [0.4, 0.5) is 0 Å². The van der Waals surface area contributed by atoms with Gasteiger partial charge in [-0.15, -0.1) is 0 Å². The van der Waals surface area contributed by atoms with E-state index in [0.29, 0.717) is 12.2 Å². The molecule has 0 amide bonds. The fraction of sp³-hybridized carbons (Fsp3) is 0.500. The quantitative estimate of drug-likeness (QED) is 0.840. The Morgan fingerprint density at radius 1 is 1.45 bits per heavy atom. The van der Waals surface area contributed by atoms with Crippen LogP contribution >= 0.6 is 0 Å². The summed E-state index contributed by atoms with van der Waals surface area (Å²) in [5.41, 5.74) is 0.387. The highest BCUT2D eigenvalue weighted by Crippen LogP contribution is 2.18. The predicted molar refractivity (Wildman–Crippen MR) is 75.2 cm³/mol. The summed E-state index contributed by atoms with van der Waals surface area (Å²) in [6, 6.07) is 5.76. The molecule has 6 heteroatoms. The molecule has 0 spiro atoms. The molecule has 0 aromatic heterocycles. The second kappa shape index (κ2) is 6.03. The number of ketones is 1. The van der Waals surface area contributed by atoms with Gasteiger partial charge in [0.05, 0.1) is 11.0 Å². The average molecular weight is 297 g/mol. The van der Waals surface area contributed by atoms with E-state index in [1.54, 1.807) is 19.1 Å². The zero-order valence-electron chi connectivity index (χ0n) is 11.6. The van der Waals surface area contributed by atoms with Gasteiger partial charge in [-0.1, -0.05) is 12.1 Å². The third-order valence-corrected chi connectivity index (χ3v) is 4.97. The van der Waals surface area contributed by atoms with Crippen LogP contribution in [0.25, 0.3) is 0 Å². The van der Waals surface area contributed by atoms with Crippen molar-refractivity contribution in [3.05, 3.63) is 29.8 Å². The van der Waals surface area contributed by atoms with Gasteiger partial charge in [-0.3, -0.25) is 4.79 Å². The summed E-state index contributed by atoms with van der Waals surface area (Å²) in [5, 5.41) is 0. The topological polar surface area (TPSA) is 72.5 Å². The first-order valence-corrected chi connectivity index (χ1v) is 8.13. The van der Waals surface area contributed by atoms with Crippen LogP contribution in [-0.4, -0.2) is 33.0 Å². The number of carbonyl (C=O) groups is 1. The lowest BCUT2D eigenvalue weighted by Gasteiger charge is -2.20. The van der Waals surface area contributed by atoms with E-state index < -0.39 is 10.0 Å². The van der Waals surface area contributed by atoms with Crippen molar-refractivity contribution in [1.29, 1.82) is 0 Å². The van der Waals surface area contributed by atoms with Gasteiger partial charge >= 0.3 is 0 Å². The summed E-state index contributed by atoms with van der Waals surface area (Å²) in [4.78, 5) is 11.4. The van der Waals surface area contributed by atoms with Gasteiger partial charge in [0.1, 0.15) is 0 Å². The molecule has 110 valence electrons. The summed E-state index contributed by atoms with van der Waals surface area (Å²) in [6.07, 6.45) is 1.73. The lowest BCUT2D eigenvalue weighted by atomic mass is 10.1. The first-order chi connectivity index (χ1) is 9.40. The fourth-order valence-electron chi connectivity index (χ4n) is 2.27. The van der Waals surface area contributed by atoms with Crippen LogP contribution < -0.4 is 4.72 Å². The lowest BCUT2D eigenvalue weighted by Crippen LogP contribution is -2.40. The zero-order valence-corrected chi connectivity index (χ0v) is 12.4. The first-order valence-electron chi connectivity index (χ1n) is 6.65. The molecule has 2 rings (SSSR count). The van der Waals surface area contributed by atoms with Crippen LogP contribution in [0.3, 0.4) is 0 Å². The third-order valence-electron chi connectivity index (χ3n) is 3.41. The monoisotopic (exact) mass is 297 g/mol. The number of rotatable bonds is 5. The molecule has 20 heavy (non-hydrogen) atoms. The SMILES string of the molecule is CC(=O)c1cccc(S(=O)(=O)NC(C)C2CCCO2)c1. The Bertz CT molecular complexity index is 591. The molecule has 0 saturated carbocycles. The van der Waals surface area contributed by atoms with Gasteiger partial charge < -0.3 is 4.74 Å². The van der Waals surface area contributed by atoms with Crippen molar-refractivity contribution in [2.24, 2.45) is 0 Å². The Morgan fingerprint density at radius 2 is 2.20 bits per heavy atom. The number of hydrogen-bond donors (Lipinski definition) is 1. The van der Waals surface area contributed by atoms with E-state index in [1.165, 1.54) is 19.1 Å². The van der Waals surface area contributed by atoms with Gasteiger partial charge in [0.25, 0.3) is 0 Å². The average Bonchev–Trinajstić information content (AvgIpc) is 2.92. The van der Waals surface area contributed by atoms with Gasteiger partial charge in [-0.2, -0.15) is 0 Å². The highest BCUT2D eigenvalue weighted by molar-refractivity contribution is 7.89. The van der Waals surface area contributed by atoms with Gasteiger partial charge in [0, 0.05) is 18.2 Å². The molecule has 2 atom stereocenters. The Hall–Kier alpha value is -1.24. The molecule has 0 bridgehead atoms. The highest BCUT2D eigenvalue weighted by Gasteiger charge is 2.27. The molecule has 2 unspecified atom stereocenters. The normalized spacial score (nSPS) is 20.8. The minimum absolute atomic E-state index is 0.0826. The Morgan fingerprint density at radius 3 is 2.80 bits per heavy atom. The molecule has 0 aliphatic carbocycles. The number of sulfonamides is 1. The van der Waals surface area contributed by atoms with Crippen LogP contribution in [-0.2, 0) is 14.8 Å². The second-order valence-corrected chi connectivity index (χ2v) is 6.76. The first kappa shape index (κ1) is 15.2. The van der Waals surface area contributed by atoms with Crippen molar-refractivity contribution in [3.8, 4) is 0 Å². The van der Waals surface area contributed by atoms with Crippen LogP contribution in [0.15, 0.2) is 29.2 Å². The second-order valence-electron chi connectivity index (χ2n) is 5.05. The summed E-state index contributed by atoms with van der Waals surface area (Å²) in [7, 11) is -3.64. The fourth-order valence-corrected chi connectivity index (χ4v) is 3.58. The van der Waals surface area contributed by atoms with Crippen molar-refractivity contribution in [1.82, 2.24) is 4.72 Å². The summed E-state index contributed by atoms with van der Waals surface area (Å²) >= 11 is 0. The molecule has 1 aliphatic heterocycles. The molecule has 5 nitrogen and oxygen atoms in total. The van der Waals surface area contributed by atoms with E-state index in [0.717, 1.165) is 12.8 Å². The van der Waals surface area contributed by atoms with Crippen molar-refractivity contribution in [2.75, 3.05) is 6.61 Å². The zero-order chi connectivity index (χ0) is 14.8. The molecule has 1 aromatic rings. The van der Waals surface area contributed by atoms with Crippen molar-refractivity contribution in [3.63, 3.8) is 0 Å². The van der Waals surface area contributed by atoms with Crippen molar-refractivity contribution < 1.29 is 17.9 Å². The number of Topliss-reactive ketones (excluding diaryl/α,β-unsaturated/α-hetero) is 1. The molecular formula is C14H19NO4S. The maximum absolute atomic E-state index is 12.3. The number of hydrogen-bond acceptors (Lipinski definition) is 4. The van der Waals surface area contributed by atoms with Crippen LogP contribution in [0.2, 0.25) is 0 Å². The standard InChI is InChI=1S/C14H19NO4S/c1-10(14-7-4-8-19-14)15-20(17,18)13-6-3-5-12(9-13)11(2)16/h3,5-6,9-10,14-15H,4,7-8H2,1-2H3. The van der Waals surface area contributed by atoms with Crippen LogP contribution in [0.5, 0.6) is 0 Å². The van der Waals surface area contributed by atoms with Crippen molar-refractivity contribution >= 4 is 15.8 Å². The van der Waals surface area contributed by atoms with E-state index in [9.17, 15) is 13.2 Å². The smallest absolute Gasteiger partial charge is 0.240 e. The number of nitrogens with one attached hydrogen (secondary N) is 1. The molecule has 1 aliphatic rings. The van der Waals surface area contributed by atoms with Crippen LogP contribution in [0.1, 0.15) is 37.0 Å². The Labute approximate surface area is 119 Å². The Kier molecular flexibility index (Phi) is 4.57. The number of benzene rings is 1. The van der Waals surface area contributed by atoms with Gasteiger partial charge in [0.2, 0.25) is 10.0 Å². The molecule has 1 heterocycles. The molecule has 1 fully saturated rings. The number of carbonyl (C=O) groups excluding carboxylic acids is 1. The number of ether oxygens (including phenoxy) is 1. The van der Waals surface area contributed by atoms with Gasteiger partial charge in [-0.25, -0.2) is 13.1 Å². The summed E-state index contributed by atoms with van der Waals surface area (Å²) in [6.45, 7) is 3.88. The summed E-state index contributed by atoms with van der Waals surface area (Å²) < 4.78 is 32.7. The van der Waals surface area contributed by atoms with Gasteiger partial charge in [-0.05, 0) is 38.8 Å². The third kappa shape index (κ3) is 3.45. The van der Waals surface area contributed by atoms with Crippen LogP contribution in [0, 0.1) is 0 Å². The molecule has 1 N–H and O–H groups in total. The molecular weight excluding hydrogens is 278 g/mol. The molecule has 1 aromatic carbocycles. The maximum Gasteiger partial charge on any atom is 0.240 e. The lowest BCUT2D eigenvalue weighted by molar-refractivity contribution is 0.0902. The summed E-state index contributed by atoms with van der Waals surface area (Å²) in [5.74, 6) is -0.158. The van der Waals surface area contributed by atoms with Gasteiger partial charge in [0.15, 0.2) is 5.78 Å². The maximum atomic E-state index is 12.3. The van der Waals surface area contributed by atoms with Crippen molar-refractivity contribution in [2.45, 2.75) is 43.7 Å². The minimum Gasteiger partial charge on any atom is -0.377 e. The van der Waals surface area contributed by atoms with E-state index >= 15 is 0 Å².